The summed E-state index contributed by atoms with van der Waals surface area (Å²) in [6.07, 6.45) is 13.4. The van der Waals surface area contributed by atoms with Crippen LogP contribution in [0.4, 0.5) is 0 Å². The van der Waals surface area contributed by atoms with Crippen molar-refractivity contribution in [3.8, 4) is 79.2 Å². The third-order valence-electron chi connectivity index (χ3n) is 25.0. The van der Waals surface area contributed by atoms with E-state index in [0.717, 1.165) is 261 Å². The van der Waals surface area contributed by atoms with E-state index in [1.807, 2.05) is 231 Å². The van der Waals surface area contributed by atoms with Gasteiger partial charge in [-0.15, -0.1) is 56.4 Å². The first-order valence-corrected chi connectivity index (χ1v) is 45.9. The molecule has 7 aromatic carbocycles. The van der Waals surface area contributed by atoms with Crippen LogP contribution in [0.25, 0.3) is 191 Å². The Labute approximate surface area is 863 Å². The van der Waals surface area contributed by atoms with E-state index < -0.39 is 0 Å². The summed E-state index contributed by atoms with van der Waals surface area (Å²) in [5.41, 5.74) is 33.2. The maximum atomic E-state index is 5.19. The molecule has 0 amide bonds. The van der Waals surface area contributed by atoms with Crippen molar-refractivity contribution in [3.05, 3.63) is 440 Å². The Morgan fingerprint density at radius 3 is 1.21 bits per heavy atom. The van der Waals surface area contributed by atoms with Gasteiger partial charge in [0, 0.05) is 28.2 Å². The minimum absolute atomic E-state index is 0. The topological polar surface area (TPSA) is 238 Å². The Hall–Kier alpha value is -14.9. The third-order valence-corrected chi connectivity index (χ3v) is 25.0. The van der Waals surface area contributed by atoms with Gasteiger partial charge in [-0.25, -0.2) is 41.0 Å². The predicted octanol–water partition coefficient (Wildman–Crippen LogP) is 19.6. The minimum Gasteiger partial charge on any atom is -0.657 e. The molecule has 15 aromatic heterocycles. The molecule has 140 heavy (non-hydrogen) atoms. The normalized spacial score (nSPS) is 11.7. The predicted molar refractivity (Wildman–Crippen MR) is 541 cm³/mol. The molecule has 0 saturated heterocycles. The van der Waals surface area contributed by atoms with Gasteiger partial charge in [-0.2, -0.15) is 36.4 Å². The Morgan fingerprint density at radius 1 is 0.257 bits per heavy atom. The molecule has 18 nitrogen and oxygen atoms in total. The number of aromatic nitrogens is 16. The van der Waals surface area contributed by atoms with Crippen molar-refractivity contribution in [2.24, 2.45) is 10.2 Å². The maximum Gasteiger partial charge on any atom is 2.00 e. The molecular formula is C118H82N18Pt4. The molecule has 22 heteroatoms. The molecule has 0 atom stereocenters. The summed E-state index contributed by atoms with van der Waals surface area (Å²) >= 11 is 0. The van der Waals surface area contributed by atoms with E-state index in [1.165, 1.54) is 22.3 Å². The standard InChI is InChI=1S/C38H22N6.C33H31N5.C24H16N2.C23H13N5.4Pt/c1-2-13-27-26(12-1)32-19-23-9-7-10-24(39-23)20-33-28-14-3-4-15-29(28)35(42-33)22-36-30-16-5-6-17-31(30)38(43-36)44-37-18-8-11-25(40-37)21-34(27)41-32;1-5-21-22(6-2)31-19-32-23(7-3)24(8-4)33(38-32)29-17-11-16-28(36-29)27-15-10-14-26(35-27)25-13-9-12-20(34-25)18-30(21)37-31;1-5-17-13-19(7-1)20-8-2-6-18(14-20)16-22-10-4-12-24(26-22)23-11-3-9-21(15-17)25-23;1-3-10-18-16(8-1)20-12-14-6-5-7-15(24-14)13-21-17-9-2-4-11-19(17)23(26-21)28-27-22(18)25-20;;;;/h1-22H;9-19H,5-8H2,1-4H3;1-12H,15-16H2;1-13H;;;;/q4*-2;4*+2. The van der Waals surface area contributed by atoms with Crippen molar-refractivity contribution in [3.63, 3.8) is 0 Å². The average molecular weight is 2530 g/mol. The maximum absolute atomic E-state index is 5.19. The van der Waals surface area contributed by atoms with Crippen molar-refractivity contribution in [1.29, 1.82) is 0 Å². The quantitative estimate of drug-likeness (QED) is 0.149. The van der Waals surface area contributed by atoms with Gasteiger partial charge >= 0.3 is 84.3 Å². The van der Waals surface area contributed by atoms with Crippen molar-refractivity contribution in [2.45, 2.75) is 66.2 Å². The largest absolute Gasteiger partial charge is 2.00 e. The zero-order chi connectivity index (χ0) is 91.1. The number of fused-ring (bicyclic) bond motifs is 54. The van der Waals surface area contributed by atoms with Crippen LogP contribution >= 0.6 is 0 Å². The molecule has 0 N–H and O–H groups in total. The van der Waals surface area contributed by atoms with Crippen molar-refractivity contribution >= 4 is 112 Å². The van der Waals surface area contributed by atoms with Crippen LogP contribution < -0.4 is 62.3 Å². The fraction of sp³-hybridized carbons (Fsp3) is 0.0847. The second-order valence-corrected chi connectivity index (χ2v) is 33.7. The summed E-state index contributed by atoms with van der Waals surface area (Å²) in [6, 6.07) is 117. The van der Waals surface area contributed by atoms with Crippen LogP contribution in [0.1, 0.15) is 95.2 Å². The Bertz CT molecular complexity index is 8910. The molecule has 4 aliphatic heterocycles. The van der Waals surface area contributed by atoms with Gasteiger partial charge < -0.3 is 45.1 Å². The smallest absolute Gasteiger partial charge is 0.657 e. The van der Waals surface area contributed by atoms with Gasteiger partial charge in [-0.1, -0.05) is 255 Å². The molecule has 4 aliphatic rings. The van der Waals surface area contributed by atoms with Crippen LogP contribution in [0, 0.1) is 12.1 Å². The molecule has 0 saturated carbocycles. The number of pyridine rings is 8. The second-order valence-electron chi connectivity index (χ2n) is 33.7. The van der Waals surface area contributed by atoms with Crippen molar-refractivity contribution in [1.82, 2.24) is 79.7 Å². The van der Waals surface area contributed by atoms with Gasteiger partial charge in [-0.3, -0.25) is 15.0 Å². The van der Waals surface area contributed by atoms with Gasteiger partial charge in [0.2, 0.25) is 0 Å². The first-order valence-electron chi connectivity index (χ1n) is 45.9. The second kappa shape index (κ2) is 41.4. The van der Waals surface area contributed by atoms with E-state index in [2.05, 4.69) is 171 Å². The zero-order valence-corrected chi connectivity index (χ0v) is 85.1. The van der Waals surface area contributed by atoms with Crippen molar-refractivity contribution < 1.29 is 84.3 Å². The number of nitrogens with zero attached hydrogens (tertiary/aromatic N) is 18. The van der Waals surface area contributed by atoms with Crippen LogP contribution in [0.3, 0.4) is 0 Å². The van der Waals surface area contributed by atoms with E-state index in [-0.39, 0.29) is 84.3 Å². The van der Waals surface area contributed by atoms with Crippen LogP contribution in [-0.2, 0) is 123 Å². The van der Waals surface area contributed by atoms with E-state index in [4.69, 9.17) is 79.7 Å². The Morgan fingerprint density at radius 2 is 0.657 bits per heavy atom. The first-order chi connectivity index (χ1) is 67.1. The van der Waals surface area contributed by atoms with Gasteiger partial charge in [-0.05, 0) is 225 Å². The summed E-state index contributed by atoms with van der Waals surface area (Å²) in [5, 5.41) is 20.7. The van der Waals surface area contributed by atoms with Crippen LogP contribution in [0.15, 0.2) is 338 Å². The van der Waals surface area contributed by atoms with Crippen LogP contribution in [-0.4, -0.2) is 49.8 Å². The van der Waals surface area contributed by atoms with E-state index >= 15 is 0 Å². The number of rotatable bonds is 4. The Kier molecular flexibility index (Phi) is 27.8. The molecule has 0 spiro atoms. The van der Waals surface area contributed by atoms with E-state index in [1.54, 1.807) is 0 Å². The Balaban J connectivity index is 0.000000120. The molecule has 22 aromatic rings. The van der Waals surface area contributed by atoms with Crippen LogP contribution in [0.2, 0.25) is 0 Å². The molecule has 0 unspecified atom stereocenters. The van der Waals surface area contributed by atoms with Crippen molar-refractivity contribution in [2.75, 3.05) is 0 Å². The van der Waals surface area contributed by atoms with Gasteiger partial charge in [0.25, 0.3) is 0 Å². The van der Waals surface area contributed by atoms with E-state index in [9.17, 15) is 0 Å². The number of benzene rings is 7. The molecule has 0 radical (unpaired) electrons. The van der Waals surface area contributed by atoms with Gasteiger partial charge in [0.05, 0.1) is 84.8 Å². The molecule has 26 rings (SSSR count). The fourth-order valence-corrected chi connectivity index (χ4v) is 18.7. The van der Waals surface area contributed by atoms with Crippen LogP contribution in [0.5, 0.6) is 0 Å². The summed E-state index contributed by atoms with van der Waals surface area (Å²) in [7, 11) is 0. The zero-order valence-electron chi connectivity index (χ0n) is 76.0. The molecule has 0 aliphatic carbocycles. The molecule has 684 valence electrons. The van der Waals surface area contributed by atoms with Gasteiger partial charge in [0.1, 0.15) is 0 Å². The summed E-state index contributed by atoms with van der Waals surface area (Å²) in [4.78, 5) is 79.0. The first kappa shape index (κ1) is 94.1. The van der Waals surface area contributed by atoms with Gasteiger partial charge in [0.15, 0.2) is 0 Å². The molecule has 19 heterocycles. The monoisotopic (exact) mass is 2530 g/mol. The SMILES string of the molecule is C1=c2[n-]c(c3ccccc23)=NN=c2[n-]c(c3ccccc23)=Cc2cccc1n2.CCc1c2[n-]c(c1CC)-c1cccc(n1)-c1cccc(n1)-c1cccc(n1)C=c1[n-]c(c(CC)c1CC)=C2.[Pt+2].[Pt+2].[Pt+2].[Pt+2].[c-]1c2cccc1-c1[c-]c(ccc1)Cc1cccc(n1)-c1cccc(n1)C2.c1ccc2c(c1)-c1cc3cccc(cc4[n-]c(cc5cccc(n5)nc5[n-]c(cc-2n1)c1ccccc51)c1ccccc41)n3. The average Bonchev–Trinajstić information content (AvgIpc) is 1.63. The van der Waals surface area contributed by atoms with E-state index in [0.29, 0.717) is 22.3 Å². The molecule has 34 bridgehead atoms. The summed E-state index contributed by atoms with van der Waals surface area (Å²) in [5.74, 6) is 0. The number of hydrogen-bond acceptors (Lipinski definition) is 12. The minimum atomic E-state index is 0. The summed E-state index contributed by atoms with van der Waals surface area (Å²) in [6.45, 7) is 8.81. The third kappa shape index (κ3) is 19.2. The molecule has 0 fully saturated rings. The number of hydrogen-bond donors (Lipinski definition) is 0. The summed E-state index contributed by atoms with van der Waals surface area (Å²) < 4.78 is 0. The fourth-order valence-electron chi connectivity index (χ4n) is 18.7. The molecular weight excluding hydrogens is 2450 g/mol.